The summed E-state index contributed by atoms with van der Waals surface area (Å²) in [6, 6.07) is 0. The van der Waals surface area contributed by atoms with Crippen LogP contribution in [0.3, 0.4) is 0 Å². The molecule has 0 amide bonds. The van der Waals surface area contributed by atoms with Crippen LogP contribution in [0.2, 0.25) is 0 Å². The SMILES string of the molecule is C=C(/C=C(\C(=O)OCC)[C@H]1CCC(=O)C1)CC. The summed E-state index contributed by atoms with van der Waals surface area (Å²) in [6.45, 7) is 8.00. The van der Waals surface area contributed by atoms with Crippen LogP contribution >= 0.6 is 0 Å². The quantitative estimate of drug-likeness (QED) is 0.419. The lowest BCUT2D eigenvalue weighted by Gasteiger charge is -2.13. The first-order valence-electron chi connectivity index (χ1n) is 6.16. The second-order valence-corrected chi connectivity index (χ2v) is 4.31. The average Bonchev–Trinajstić information content (AvgIpc) is 2.72. The van der Waals surface area contributed by atoms with Crippen molar-refractivity contribution in [3.05, 3.63) is 23.8 Å². The highest BCUT2D eigenvalue weighted by Gasteiger charge is 2.29. The van der Waals surface area contributed by atoms with E-state index < -0.39 is 0 Å². The van der Waals surface area contributed by atoms with Gasteiger partial charge in [0, 0.05) is 18.4 Å². The zero-order chi connectivity index (χ0) is 12.8. The second kappa shape index (κ2) is 6.38. The Balaban J connectivity index is 2.86. The molecule has 3 heteroatoms. The summed E-state index contributed by atoms with van der Waals surface area (Å²) >= 11 is 0. The molecule has 1 aliphatic rings. The topological polar surface area (TPSA) is 43.4 Å². The molecular formula is C14H20O3. The molecule has 0 N–H and O–H groups in total. The van der Waals surface area contributed by atoms with Crippen LogP contribution in [0.15, 0.2) is 23.8 Å². The van der Waals surface area contributed by atoms with Crippen molar-refractivity contribution in [3.8, 4) is 0 Å². The molecule has 3 nitrogen and oxygen atoms in total. The number of carbonyl (C=O) groups excluding carboxylic acids is 2. The molecule has 1 rings (SSSR count). The minimum absolute atomic E-state index is 0.0184. The molecule has 1 atom stereocenters. The third-order valence-electron chi connectivity index (χ3n) is 3.01. The molecule has 1 fully saturated rings. The first-order valence-corrected chi connectivity index (χ1v) is 6.16. The van der Waals surface area contributed by atoms with E-state index in [-0.39, 0.29) is 17.7 Å². The largest absolute Gasteiger partial charge is 0.463 e. The van der Waals surface area contributed by atoms with Crippen molar-refractivity contribution in [1.82, 2.24) is 0 Å². The first-order chi connectivity index (χ1) is 8.08. The summed E-state index contributed by atoms with van der Waals surface area (Å²) in [6.07, 6.45) is 4.37. The van der Waals surface area contributed by atoms with Gasteiger partial charge in [-0.1, -0.05) is 19.1 Å². The van der Waals surface area contributed by atoms with Gasteiger partial charge in [-0.3, -0.25) is 4.79 Å². The van der Waals surface area contributed by atoms with Crippen LogP contribution in [-0.4, -0.2) is 18.4 Å². The van der Waals surface area contributed by atoms with Crippen molar-refractivity contribution in [2.24, 2.45) is 5.92 Å². The van der Waals surface area contributed by atoms with E-state index in [4.69, 9.17) is 4.74 Å². The molecule has 94 valence electrons. The van der Waals surface area contributed by atoms with E-state index >= 15 is 0 Å². The summed E-state index contributed by atoms with van der Waals surface area (Å²) in [4.78, 5) is 23.1. The van der Waals surface area contributed by atoms with Crippen molar-refractivity contribution in [2.75, 3.05) is 6.61 Å². The Morgan fingerprint density at radius 3 is 2.71 bits per heavy atom. The van der Waals surface area contributed by atoms with Crippen LogP contribution in [0.25, 0.3) is 0 Å². The fourth-order valence-corrected chi connectivity index (χ4v) is 1.96. The van der Waals surface area contributed by atoms with E-state index in [9.17, 15) is 9.59 Å². The highest BCUT2D eigenvalue weighted by molar-refractivity contribution is 5.92. The van der Waals surface area contributed by atoms with Gasteiger partial charge in [0.2, 0.25) is 0 Å². The van der Waals surface area contributed by atoms with Crippen molar-refractivity contribution < 1.29 is 14.3 Å². The van der Waals surface area contributed by atoms with Crippen LogP contribution in [0, 0.1) is 5.92 Å². The Bertz CT molecular complexity index is 352. The van der Waals surface area contributed by atoms with Crippen LogP contribution in [-0.2, 0) is 14.3 Å². The van der Waals surface area contributed by atoms with Gasteiger partial charge in [-0.25, -0.2) is 4.79 Å². The van der Waals surface area contributed by atoms with E-state index in [2.05, 4.69) is 6.58 Å². The normalized spacial score (nSPS) is 20.5. The lowest BCUT2D eigenvalue weighted by atomic mass is 9.95. The molecular weight excluding hydrogens is 216 g/mol. The molecule has 0 saturated heterocycles. The number of carbonyl (C=O) groups is 2. The van der Waals surface area contributed by atoms with Crippen molar-refractivity contribution >= 4 is 11.8 Å². The van der Waals surface area contributed by atoms with E-state index in [0.717, 1.165) is 18.4 Å². The molecule has 0 aromatic carbocycles. The van der Waals surface area contributed by atoms with E-state index in [1.807, 2.05) is 6.92 Å². The molecule has 0 aromatic rings. The van der Waals surface area contributed by atoms with Crippen molar-refractivity contribution in [2.45, 2.75) is 39.5 Å². The molecule has 0 aromatic heterocycles. The summed E-state index contributed by atoms with van der Waals surface area (Å²) in [5.41, 5.74) is 1.51. The maximum Gasteiger partial charge on any atom is 0.334 e. The average molecular weight is 236 g/mol. The number of ketones is 1. The summed E-state index contributed by atoms with van der Waals surface area (Å²) in [5, 5.41) is 0. The fourth-order valence-electron chi connectivity index (χ4n) is 1.96. The third kappa shape index (κ3) is 3.84. The van der Waals surface area contributed by atoms with E-state index in [0.29, 0.717) is 25.0 Å². The number of rotatable bonds is 5. The fraction of sp³-hybridized carbons (Fsp3) is 0.571. The summed E-state index contributed by atoms with van der Waals surface area (Å²) in [7, 11) is 0. The zero-order valence-electron chi connectivity index (χ0n) is 10.6. The first kappa shape index (κ1) is 13.7. The van der Waals surface area contributed by atoms with E-state index in [1.165, 1.54) is 0 Å². The van der Waals surface area contributed by atoms with Gasteiger partial charge >= 0.3 is 5.97 Å². The molecule has 0 unspecified atom stereocenters. The summed E-state index contributed by atoms with van der Waals surface area (Å²) < 4.78 is 5.04. The number of ether oxygens (including phenoxy) is 1. The standard InChI is InChI=1S/C14H20O3/c1-4-10(3)8-13(14(16)17-5-2)11-6-7-12(15)9-11/h8,11H,3-7,9H2,1-2H3/b13-8-/t11-/m0/s1. The van der Waals surface area contributed by atoms with Gasteiger partial charge in [0.25, 0.3) is 0 Å². The highest BCUT2D eigenvalue weighted by atomic mass is 16.5. The lowest BCUT2D eigenvalue weighted by Crippen LogP contribution is -2.15. The van der Waals surface area contributed by atoms with Gasteiger partial charge < -0.3 is 4.74 Å². The number of esters is 1. The van der Waals surface area contributed by atoms with Crippen LogP contribution in [0.5, 0.6) is 0 Å². The Hall–Kier alpha value is -1.38. The molecule has 0 bridgehead atoms. The van der Waals surface area contributed by atoms with Crippen molar-refractivity contribution in [3.63, 3.8) is 0 Å². The second-order valence-electron chi connectivity index (χ2n) is 4.31. The third-order valence-corrected chi connectivity index (χ3v) is 3.01. The smallest absolute Gasteiger partial charge is 0.334 e. The van der Waals surface area contributed by atoms with Gasteiger partial charge in [-0.05, 0) is 31.8 Å². The number of hydrogen-bond donors (Lipinski definition) is 0. The van der Waals surface area contributed by atoms with Gasteiger partial charge in [0.1, 0.15) is 5.78 Å². The predicted octanol–water partition coefficient (Wildman–Crippen LogP) is 2.81. The minimum Gasteiger partial charge on any atom is -0.463 e. The van der Waals surface area contributed by atoms with Crippen LogP contribution in [0.4, 0.5) is 0 Å². The van der Waals surface area contributed by atoms with Crippen molar-refractivity contribution in [1.29, 1.82) is 0 Å². The predicted molar refractivity (Wildman–Crippen MR) is 66.5 cm³/mol. The zero-order valence-corrected chi connectivity index (χ0v) is 10.6. The summed E-state index contributed by atoms with van der Waals surface area (Å²) in [5.74, 6) is -0.0565. The van der Waals surface area contributed by atoms with Gasteiger partial charge in [0.05, 0.1) is 6.61 Å². The molecule has 17 heavy (non-hydrogen) atoms. The maximum atomic E-state index is 11.8. The number of Topliss-reactive ketones (excluding diaryl/α,β-unsaturated/α-hetero) is 1. The molecule has 1 aliphatic carbocycles. The monoisotopic (exact) mass is 236 g/mol. The highest BCUT2D eigenvalue weighted by Crippen LogP contribution is 2.30. The van der Waals surface area contributed by atoms with Gasteiger partial charge in [-0.2, -0.15) is 0 Å². The molecule has 0 aliphatic heterocycles. The molecule has 0 radical (unpaired) electrons. The lowest BCUT2D eigenvalue weighted by molar-refractivity contribution is -0.139. The maximum absolute atomic E-state index is 11.8. The molecule has 1 saturated carbocycles. The Morgan fingerprint density at radius 2 is 2.24 bits per heavy atom. The Morgan fingerprint density at radius 1 is 1.53 bits per heavy atom. The van der Waals surface area contributed by atoms with Crippen LogP contribution < -0.4 is 0 Å². The van der Waals surface area contributed by atoms with Gasteiger partial charge in [0.15, 0.2) is 0 Å². The Kier molecular flexibility index (Phi) is 5.13. The number of allylic oxidation sites excluding steroid dienone is 2. The van der Waals surface area contributed by atoms with Gasteiger partial charge in [-0.15, -0.1) is 0 Å². The van der Waals surface area contributed by atoms with Crippen LogP contribution in [0.1, 0.15) is 39.5 Å². The minimum atomic E-state index is -0.304. The number of hydrogen-bond acceptors (Lipinski definition) is 3. The Labute approximate surface area is 103 Å². The van der Waals surface area contributed by atoms with E-state index in [1.54, 1.807) is 13.0 Å². The molecule has 0 heterocycles. The molecule has 0 spiro atoms.